The van der Waals surface area contributed by atoms with Crippen LogP contribution in [0.4, 0.5) is 0 Å². The first-order valence-electron chi connectivity index (χ1n) is 3.44. The molecule has 0 unspecified atom stereocenters. The Morgan fingerprint density at radius 2 is 2.17 bits per heavy atom. The number of rotatable bonds is 0. The molecule has 0 aliphatic carbocycles. The molecule has 0 aromatic carbocycles. The number of aromatic nitrogens is 2. The molecule has 1 aromatic rings. The highest BCUT2D eigenvalue weighted by atomic mass is 32.2. The van der Waals surface area contributed by atoms with Crippen LogP contribution in [-0.2, 0) is 0 Å². The van der Waals surface area contributed by atoms with Gasteiger partial charge in [0.25, 0.3) is 5.56 Å². The second kappa shape index (κ2) is 2.98. The molecule has 1 N–H and O–H groups in total. The minimum Gasteiger partial charge on any atom is -0.268 e. The minimum absolute atomic E-state index is 0.168. The Labute approximate surface area is 73.2 Å². The van der Waals surface area contributed by atoms with Crippen molar-refractivity contribution in [3.63, 3.8) is 0 Å². The van der Waals surface area contributed by atoms with Crippen molar-refractivity contribution in [2.45, 2.75) is 0 Å². The zero-order valence-corrected chi connectivity index (χ0v) is 6.97. The molecule has 0 saturated carbocycles. The van der Waals surface area contributed by atoms with Crippen molar-refractivity contribution in [2.24, 2.45) is 0 Å². The number of aromatic amines is 1. The van der Waals surface area contributed by atoms with Gasteiger partial charge in [-0.3, -0.25) is 4.79 Å². The number of nitrogens with one attached hydrogen (secondary N) is 1. The van der Waals surface area contributed by atoms with Crippen LogP contribution in [0.5, 0.6) is 0 Å². The van der Waals surface area contributed by atoms with Crippen molar-refractivity contribution < 1.29 is 0 Å². The largest absolute Gasteiger partial charge is 0.268 e. The zero-order chi connectivity index (χ0) is 8.39. The third-order valence-electron chi connectivity index (χ3n) is 1.50. The van der Waals surface area contributed by atoms with Crippen LogP contribution in [0.2, 0.25) is 0 Å². The molecule has 0 atom stereocenters. The number of thioether (sulfide) groups is 1. The highest BCUT2D eigenvalue weighted by molar-refractivity contribution is 8.05. The van der Waals surface area contributed by atoms with Crippen molar-refractivity contribution in [3.05, 3.63) is 38.5 Å². The van der Waals surface area contributed by atoms with Crippen LogP contribution in [0.15, 0.2) is 21.7 Å². The van der Waals surface area contributed by atoms with E-state index in [-0.39, 0.29) is 5.56 Å². The number of nitrogens with zero attached hydrogens (tertiary/aromatic N) is 1. The molecule has 1 aromatic heterocycles. The van der Waals surface area contributed by atoms with Crippen LogP contribution in [-0.4, -0.2) is 10.2 Å². The van der Waals surface area contributed by atoms with E-state index in [2.05, 4.69) is 10.2 Å². The fourth-order valence-corrected chi connectivity index (χ4v) is 1.48. The van der Waals surface area contributed by atoms with E-state index >= 15 is 0 Å². The first-order chi connectivity index (χ1) is 5.86. The summed E-state index contributed by atoms with van der Waals surface area (Å²) >= 11 is 1.56. The Morgan fingerprint density at radius 3 is 3.08 bits per heavy atom. The Hall–Kier alpha value is -1.29. The molecule has 1 aliphatic heterocycles. The third-order valence-corrected chi connectivity index (χ3v) is 2.09. The fourth-order valence-electron chi connectivity index (χ4n) is 0.956. The van der Waals surface area contributed by atoms with Gasteiger partial charge < -0.3 is 0 Å². The summed E-state index contributed by atoms with van der Waals surface area (Å²) in [5.74, 6) is 0. The maximum atomic E-state index is 10.9. The van der Waals surface area contributed by atoms with Crippen LogP contribution in [0.1, 0.15) is 11.3 Å². The molecule has 4 heteroatoms. The van der Waals surface area contributed by atoms with Gasteiger partial charge in [-0.2, -0.15) is 5.10 Å². The standard InChI is InChI=1S/C8H6N2OS/c11-8-5-6-1-3-12-4-2-7(6)9-10-8/h1-5H,(H,10,11). The topological polar surface area (TPSA) is 45.8 Å². The lowest BCUT2D eigenvalue weighted by molar-refractivity contribution is 0.973. The Bertz CT molecular complexity index is 406. The molecular weight excluding hydrogens is 172 g/mol. The second-order valence-corrected chi connectivity index (χ2v) is 3.13. The first kappa shape index (κ1) is 7.36. The molecule has 0 fully saturated rings. The Kier molecular flexibility index (Phi) is 1.83. The lowest BCUT2D eigenvalue weighted by atomic mass is 10.2. The Morgan fingerprint density at radius 1 is 1.33 bits per heavy atom. The van der Waals surface area contributed by atoms with Gasteiger partial charge in [0.15, 0.2) is 0 Å². The van der Waals surface area contributed by atoms with E-state index in [1.807, 2.05) is 23.0 Å². The SMILES string of the molecule is O=c1cc2c(n[nH]1)C=CSC=C2. The molecule has 0 amide bonds. The summed E-state index contributed by atoms with van der Waals surface area (Å²) in [5.41, 5.74) is 1.49. The normalized spacial score (nSPS) is 14.0. The van der Waals surface area contributed by atoms with Gasteiger partial charge in [-0.15, -0.1) is 11.8 Å². The average Bonchev–Trinajstić information content (AvgIpc) is 2.28. The van der Waals surface area contributed by atoms with E-state index in [0.29, 0.717) is 0 Å². The summed E-state index contributed by atoms with van der Waals surface area (Å²) in [4.78, 5) is 10.9. The quantitative estimate of drug-likeness (QED) is 0.654. The monoisotopic (exact) mass is 178 g/mol. The van der Waals surface area contributed by atoms with Crippen LogP contribution in [0, 0.1) is 0 Å². The molecule has 0 spiro atoms. The van der Waals surface area contributed by atoms with E-state index in [0.717, 1.165) is 11.3 Å². The Balaban J connectivity index is 2.66. The molecule has 2 rings (SSSR count). The van der Waals surface area contributed by atoms with E-state index in [1.165, 1.54) is 6.07 Å². The van der Waals surface area contributed by atoms with E-state index in [4.69, 9.17) is 0 Å². The van der Waals surface area contributed by atoms with Crippen molar-refractivity contribution >= 4 is 23.9 Å². The van der Waals surface area contributed by atoms with E-state index in [1.54, 1.807) is 11.8 Å². The molecule has 0 bridgehead atoms. The van der Waals surface area contributed by atoms with Crippen LogP contribution in [0.25, 0.3) is 12.2 Å². The molecule has 2 heterocycles. The van der Waals surface area contributed by atoms with Crippen molar-refractivity contribution in [2.75, 3.05) is 0 Å². The second-order valence-electron chi connectivity index (χ2n) is 2.31. The predicted octanol–water partition coefficient (Wildman–Crippen LogP) is 1.46. The van der Waals surface area contributed by atoms with Gasteiger partial charge in [-0.25, -0.2) is 5.10 Å². The van der Waals surface area contributed by atoms with Crippen LogP contribution < -0.4 is 5.56 Å². The number of hydrogen-bond acceptors (Lipinski definition) is 3. The third kappa shape index (κ3) is 1.33. The summed E-state index contributed by atoms with van der Waals surface area (Å²) in [6.07, 6.45) is 3.75. The van der Waals surface area contributed by atoms with Crippen molar-refractivity contribution in [1.82, 2.24) is 10.2 Å². The van der Waals surface area contributed by atoms with Crippen molar-refractivity contribution in [1.29, 1.82) is 0 Å². The van der Waals surface area contributed by atoms with Gasteiger partial charge in [-0.1, -0.05) is 0 Å². The predicted molar refractivity (Wildman–Crippen MR) is 50.5 cm³/mol. The summed E-state index contributed by atoms with van der Waals surface area (Å²) in [6.45, 7) is 0. The van der Waals surface area contributed by atoms with Crippen molar-refractivity contribution in [3.8, 4) is 0 Å². The highest BCUT2D eigenvalue weighted by Crippen LogP contribution is 2.17. The average molecular weight is 178 g/mol. The maximum absolute atomic E-state index is 10.9. The summed E-state index contributed by atoms with van der Waals surface area (Å²) in [7, 11) is 0. The van der Waals surface area contributed by atoms with E-state index in [9.17, 15) is 4.79 Å². The molecule has 12 heavy (non-hydrogen) atoms. The summed E-state index contributed by atoms with van der Waals surface area (Å²) in [6, 6.07) is 1.54. The smallest absolute Gasteiger partial charge is 0.264 e. The summed E-state index contributed by atoms with van der Waals surface area (Å²) < 4.78 is 0. The highest BCUT2D eigenvalue weighted by Gasteiger charge is 2.00. The fraction of sp³-hybridized carbons (Fsp3) is 0. The number of hydrogen-bond donors (Lipinski definition) is 1. The molecular formula is C8H6N2OS. The van der Waals surface area contributed by atoms with Gasteiger partial charge >= 0.3 is 0 Å². The van der Waals surface area contributed by atoms with Gasteiger partial charge in [0.1, 0.15) is 0 Å². The summed E-state index contributed by atoms with van der Waals surface area (Å²) in [5, 5.41) is 10.1. The number of H-pyrrole nitrogens is 1. The maximum Gasteiger partial charge on any atom is 0.264 e. The van der Waals surface area contributed by atoms with Crippen LogP contribution in [0.3, 0.4) is 0 Å². The molecule has 60 valence electrons. The lowest BCUT2D eigenvalue weighted by Crippen LogP contribution is -2.08. The van der Waals surface area contributed by atoms with Crippen LogP contribution >= 0.6 is 11.8 Å². The number of fused-ring (bicyclic) bond motifs is 1. The minimum atomic E-state index is -0.168. The van der Waals surface area contributed by atoms with Gasteiger partial charge in [0, 0.05) is 11.6 Å². The van der Waals surface area contributed by atoms with Gasteiger partial charge in [0.2, 0.25) is 0 Å². The molecule has 3 nitrogen and oxygen atoms in total. The molecule has 0 saturated heterocycles. The zero-order valence-electron chi connectivity index (χ0n) is 6.15. The molecule has 0 radical (unpaired) electrons. The molecule has 1 aliphatic rings. The van der Waals surface area contributed by atoms with Gasteiger partial charge in [0.05, 0.1) is 5.69 Å². The van der Waals surface area contributed by atoms with E-state index < -0.39 is 0 Å². The first-order valence-corrected chi connectivity index (χ1v) is 4.39. The van der Waals surface area contributed by atoms with Gasteiger partial charge in [-0.05, 0) is 23.0 Å². The lowest BCUT2D eigenvalue weighted by Gasteiger charge is -1.94.